The van der Waals surface area contributed by atoms with Gasteiger partial charge in [-0.3, -0.25) is 10.0 Å². The smallest absolute Gasteiger partial charge is 0.279 e. The number of nitrogens with one attached hydrogen (secondary N) is 1. The lowest BCUT2D eigenvalue weighted by Crippen LogP contribution is -2.63. The monoisotopic (exact) mass is 455 g/mol. The van der Waals surface area contributed by atoms with Gasteiger partial charge in [0, 0.05) is 24.3 Å². The second-order valence-corrected chi connectivity index (χ2v) is 9.30. The van der Waals surface area contributed by atoms with Crippen molar-refractivity contribution in [1.29, 1.82) is 0 Å². The number of ether oxygens (including phenoxy) is 3. The number of hydrogen-bond donors (Lipinski definition) is 2. The zero-order valence-electron chi connectivity index (χ0n) is 16.2. The molecule has 0 saturated carbocycles. The number of benzene rings is 2. The molecule has 1 saturated heterocycles. The van der Waals surface area contributed by atoms with Crippen molar-refractivity contribution < 1.29 is 32.6 Å². The Morgan fingerprint density at radius 1 is 1.27 bits per heavy atom. The van der Waals surface area contributed by atoms with Crippen LogP contribution >= 0.6 is 11.6 Å². The van der Waals surface area contributed by atoms with Crippen LogP contribution in [0.3, 0.4) is 0 Å². The van der Waals surface area contributed by atoms with Crippen molar-refractivity contribution in [2.75, 3.05) is 20.3 Å². The van der Waals surface area contributed by atoms with Crippen molar-refractivity contribution in [3.8, 4) is 5.75 Å². The summed E-state index contributed by atoms with van der Waals surface area (Å²) in [4.78, 5) is 12.3. The Labute approximate surface area is 179 Å². The minimum absolute atomic E-state index is 0.00617. The fourth-order valence-electron chi connectivity index (χ4n) is 3.40. The fraction of sp³-hybridized carbons (Fsp3) is 0.350. The van der Waals surface area contributed by atoms with Gasteiger partial charge >= 0.3 is 0 Å². The van der Waals surface area contributed by atoms with Gasteiger partial charge < -0.3 is 14.2 Å². The second kappa shape index (κ2) is 9.32. The number of hydrogen-bond acceptors (Lipinski definition) is 7. The minimum Gasteiger partial charge on any atom is -0.489 e. The van der Waals surface area contributed by atoms with Crippen LogP contribution in [0.4, 0.5) is 0 Å². The van der Waals surface area contributed by atoms with Crippen LogP contribution in [0.15, 0.2) is 53.4 Å². The van der Waals surface area contributed by atoms with E-state index in [0.717, 1.165) is 5.56 Å². The van der Waals surface area contributed by atoms with Gasteiger partial charge in [0.1, 0.15) is 17.6 Å². The molecule has 30 heavy (non-hydrogen) atoms. The molecule has 2 aromatic carbocycles. The number of hydroxylamine groups is 1. The normalized spacial score (nSPS) is 21.8. The first-order valence-corrected chi connectivity index (χ1v) is 11.0. The molecule has 0 bridgehead atoms. The molecule has 0 aliphatic carbocycles. The Hall–Kier alpha value is -2.17. The van der Waals surface area contributed by atoms with Crippen LogP contribution in [0.25, 0.3) is 0 Å². The summed E-state index contributed by atoms with van der Waals surface area (Å²) in [5.41, 5.74) is 0.434. The molecule has 2 atom stereocenters. The molecular formula is C20H22ClNO7S. The molecule has 0 spiro atoms. The van der Waals surface area contributed by atoms with Crippen LogP contribution in [-0.4, -0.2) is 50.7 Å². The quantitative estimate of drug-likeness (QED) is 0.487. The Kier molecular flexibility index (Phi) is 6.99. The van der Waals surface area contributed by atoms with Gasteiger partial charge in [-0.05, 0) is 36.8 Å². The average molecular weight is 456 g/mol. The molecule has 0 aromatic heterocycles. The number of carbonyl (C=O) groups excluding carboxylic acids is 1. The van der Waals surface area contributed by atoms with E-state index in [1.807, 2.05) is 18.2 Å². The second-order valence-electron chi connectivity index (χ2n) is 6.76. The average Bonchev–Trinajstić information content (AvgIpc) is 2.78. The number of rotatable bonds is 7. The van der Waals surface area contributed by atoms with E-state index in [4.69, 9.17) is 31.0 Å². The molecule has 1 heterocycles. The van der Waals surface area contributed by atoms with Crippen LogP contribution < -0.4 is 10.2 Å². The van der Waals surface area contributed by atoms with Crippen LogP contribution in [0.2, 0.25) is 5.02 Å². The molecular weight excluding hydrogens is 434 g/mol. The molecule has 2 aromatic rings. The van der Waals surface area contributed by atoms with Gasteiger partial charge in [0.15, 0.2) is 15.4 Å². The molecule has 1 fully saturated rings. The molecule has 8 nitrogen and oxygen atoms in total. The van der Waals surface area contributed by atoms with Gasteiger partial charge in [-0.1, -0.05) is 29.8 Å². The van der Waals surface area contributed by atoms with Crippen LogP contribution in [0, 0.1) is 0 Å². The first-order chi connectivity index (χ1) is 14.3. The number of carbonyl (C=O) groups is 1. The zero-order chi connectivity index (χ0) is 21.8. The zero-order valence-corrected chi connectivity index (χ0v) is 17.8. The lowest BCUT2D eigenvalue weighted by Gasteiger charge is -2.39. The predicted octanol–water partition coefficient (Wildman–Crippen LogP) is 2.37. The predicted molar refractivity (Wildman–Crippen MR) is 108 cm³/mol. The largest absolute Gasteiger partial charge is 0.489 e. The highest BCUT2D eigenvalue weighted by Gasteiger charge is 2.55. The maximum atomic E-state index is 13.3. The van der Waals surface area contributed by atoms with Crippen LogP contribution in [0.1, 0.15) is 12.0 Å². The van der Waals surface area contributed by atoms with Crippen molar-refractivity contribution >= 4 is 27.3 Å². The van der Waals surface area contributed by atoms with E-state index in [1.165, 1.54) is 36.9 Å². The van der Waals surface area contributed by atoms with Crippen molar-refractivity contribution in [2.45, 2.75) is 28.8 Å². The van der Waals surface area contributed by atoms with Crippen molar-refractivity contribution in [3.05, 3.63) is 59.1 Å². The maximum absolute atomic E-state index is 13.3. The molecule has 0 unspecified atom stereocenters. The lowest BCUT2D eigenvalue weighted by molar-refractivity contribution is -0.167. The Bertz CT molecular complexity index is 996. The van der Waals surface area contributed by atoms with Gasteiger partial charge in [0.2, 0.25) is 0 Å². The summed E-state index contributed by atoms with van der Waals surface area (Å²) in [6.45, 7) is 0.0841. The molecule has 1 amide bonds. The van der Waals surface area contributed by atoms with E-state index < -0.39 is 26.6 Å². The summed E-state index contributed by atoms with van der Waals surface area (Å²) in [7, 11) is -2.77. The lowest BCUT2D eigenvalue weighted by atomic mass is 9.95. The van der Waals surface area contributed by atoms with Crippen molar-refractivity contribution in [3.63, 3.8) is 0 Å². The van der Waals surface area contributed by atoms with E-state index in [2.05, 4.69) is 0 Å². The molecule has 3 rings (SSSR count). The Morgan fingerprint density at radius 3 is 2.60 bits per heavy atom. The molecule has 1 aliphatic rings. The number of amides is 1. The first-order valence-electron chi connectivity index (χ1n) is 9.13. The van der Waals surface area contributed by atoms with Gasteiger partial charge in [-0.25, -0.2) is 13.9 Å². The summed E-state index contributed by atoms with van der Waals surface area (Å²) >= 11 is 6.11. The molecule has 1 aliphatic heterocycles. The summed E-state index contributed by atoms with van der Waals surface area (Å²) in [6.07, 6.45) is 0.0361. The third kappa shape index (κ3) is 4.30. The Morgan fingerprint density at radius 2 is 1.97 bits per heavy atom. The highest BCUT2D eigenvalue weighted by atomic mass is 35.5. The van der Waals surface area contributed by atoms with Crippen molar-refractivity contribution in [1.82, 2.24) is 5.48 Å². The highest BCUT2D eigenvalue weighted by molar-refractivity contribution is 7.92. The first kappa shape index (κ1) is 22.5. The number of methoxy groups -OCH3 is 1. The van der Waals surface area contributed by atoms with Gasteiger partial charge in [0.25, 0.3) is 5.91 Å². The summed E-state index contributed by atoms with van der Waals surface area (Å²) in [5.74, 6) is -0.509. The van der Waals surface area contributed by atoms with Gasteiger partial charge in [0.05, 0.1) is 11.5 Å². The summed E-state index contributed by atoms with van der Waals surface area (Å²) in [5, 5.41) is 8.44. The van der Waals surface area contributed by atoms with Gasteiger partial charge in [-0.2, -0.15) is 0 Å². The van der Waals surface area contributed by atoms with E-state index in [0.29, 0.717) is 10.8 Å². The summed E-state index contributed by atoms with van der Waals surface area (Å²) in [6, 6.07) is 13.1. The topological polar surface area (TPSA) is 111 Å². The fourth-order valence-corrected chi connectivity index (χ4v) is 5.62. The molecule has 0 radical (unpaired) electrons. The molecule has 10 heteroatoms. The molecule has 2 N–H and O–H groups in total. The number of sulfone groups is 1. The third-order valence-electron chi connectivity index (χ3n) is 5.09. The van der Waals surface area contributed by atoms with Crippen LogP contribution in [-0.2, 0) is 30.7 Å². The van der Waals surface area contributed by atoms with E-state index >= 15 is 0 Å². The number of halogens is 1. The summed E-state index contributed by atoms with van der Waals surface area (Å²) < 4.78 is 42.7. The highest BCUT2D eigenvalue weighted by Crippen LogP contribution is 2.34. The van der Waals surface area contributed by atoms with E-state index in [9.17, 15) is 13.2 Å². The SMILES string of the molecule is CO[C@]1(C(=O)NO)COCC[C@H]1S(=O)(=O)c1ccc(OCc2ccccc2Cl)cc1. The third-order valence-corrected chi connectivity index (χ3v) is 7.75. The maximum Gasteiger partial charge on any atom is 0.279 e. The van der Waals surface area contributed by atoms with Crippen LogP contribution in [0.5, 0.6) is 5.75 Å². The minimum atomic E-state index is -3.98. The Balaban J connectivity index is 1.82. The van der Waals surface area contributed by atoms with E-state index in [-0.39, 0.29) is 31.1 Å². The van der Waals surface area contributed by atoms with E-state index in [1.54, 1.807) is 6.07 Å². The molecule has 162 valence electrons. The van der Waals surface area contributed by atoms with Crippen molar-refractivity contribution in [2.24, 2.45) is 0 Å². The standard InChI is InChI=1S/C20H22ClNO7S/c1-27-20(19(23)22-24)13-28-11-10-18(20)30(25,26)16-8-6-15(7-9-16)29-12-14-4-2-3-5-17(14)21/h2-9,18,24H,10-13H2,1H3,(H,22,23)/t18-,20-/m1/s1. The van der Waals surface area contributed by atoms with Gasteiger partial charge in [-0.15, -0.1) is 0 Å².